The first-order chi connectivity index (χ1) is 52.6. The van der Waals surface area contributed by atoms with Gasteiger partial charge in [0.2, 0.25) is 0 Å². The van der Waals surface area contributed by atoms with Gasteiger partial charge in [-0.1, -0.05) is 32.2 Å². The SMILES string of the molecule is C=C1C=C(N)C(Br)=CN1[C@@H]1O[C@H](CCP(=C)(C)C)[C@@H](O)[C@H]1O.C=C1N=C(N)C(Br)=CN1[C@@H]1O[C@H](CCP(=C)(C)C)[C@@H](O)[C@H]1O.C=C1N=C(N)C(C#CC)=CN1[C@@H]1O[C@H](CCP(=C)(C)C)[C@@H](O)[C@H]1O.C=C1N=C(N)C(CCO)=CN1[C@@H]1O[C@H](CCP(=C)(C)C)[C@@H](O)[C@H]1O.C=P(C)(C)CC[C@H]1O[C@@H](c2cn(C)c(=S)nc2C)[C@H](O)[C@@H]1O. The molecule has 0 aromatic carbocycles. The molecular weight excluding hydrogens is 1710 g/mol. The second kappa shape index (κ2) is 41.3. The summed E-state index contributed by atoms with van der Waals surface area (Å²) >= 11 is 11.8. The number of rotatable bonds is 22. The van der Waals surface area contributed by atoms with Crippen molar-refractivity contribution >= 4 is 128 Å². The van der Waals surface area contributed by atoms with Crippen LogP contribution in [-0.2, 0) is 30.7 Å². The molecule has 10 rings (SSSR count). The number of allylic oxidation sites excluding steroid dienone is 2. The number of aliphatic hydroxyl groups excluding tert-OH is 11. The van der Waals surface area contributed by atoms with Gasteiger partial charge < -0.3 is 127 Å². The van der Waals surface area contributed by atoms with E-state index in [1.54, 1.807) is 62.0 Å². The molecule has 1 aromatic heterocycles. The Labute approximate surface area is 696 Å². The number of nitrogens with two attached hydrogens (primary N) is 4. The van der Waals surface area contributed by atoms with Gasteiger partial charge in [0.25, 0.3) is 0 Å². The Morgan fingerprint density at radius 2 is 0.816 bits per heavy atom. The van der Waals surface area contributed by atoms with Crippen molar-refractivity contribution in [1.82, 2.24) is 29.2 Å². The summed E-state index contributed by atoms with van der Waals surface area (Å²) in [6.45, 7) is 34.2. The van der Waals surface area contributed by atoms with E-state index in [9.17, 15) is 51.1 Å². The minimum atomic E-state index is -1.24. The Bertz CT molecular complexity index is 4220. The molecule has 0 aliphatic carbocycles. The summed E-state index contributed by atoms with van der Waals surface area (Å²) in [5.74, 6) is 7.55. The summed E-state index contributed by atoms with van der Waals surface area (Å²) in [6.07, 6.45) is 23.7. The van der Waals surface area contributed by atoms with Gasteiger partial charge in [-0.2, -0.15) is 0 Å². The molecule has 0 bridgehead atoms. The van der Waals surface area contributed by atoms with E-state index in [1.807, 2.05) is 20.2 Å². The molecule has 9 aliphatic heterocycles. The molecule has 37 heteroatoms. The number of amidine groups is 3. The fourth-order valence-corrected chi connectivity index (χ4v) is 18.6. The molecule has 10 heterocycles. The van der Waals surface area contributed by atoms with Crippen LogP contribution < -0.4 is 22.9 Å². The zero-order chi connectivity index (χ0) is 86.1. The van der Waals surface area contributed by atoms with Crippen molar-refractivity contribution in [2.45, 2.75) is 175 Å². The lowest BCUT2D eigenvalue weighted by atomic mass is 10.0. The summed E-state index contributed by atoms with van der Waals surface area (Å²) in [6, 6.07) is 0. The van der Waals surface area contributed by atoms with Gasteiger partial charge in [0.1, 0.15) is 102 Å². The molecule has 5 fully saturated rings. The van der Waals surface area contributed by atoms with E-state index in [0.717, 1.165) is 42.1 Å². The van der Waals surface area contributed by atoms with E-state index in [-0.39, 0.29) is 18.5 Å². The number of aliphatic hydroxyl groups is 11. The fraction of sp³-hybridized carbons (Fsp3) is 0.584. The number of aliphatic imine (C=N–C) groups is 3. The van der Waals surface area contributed by atoms with E-state index in [4.69, 9.17) is 63.9 Å². The lowest BCUT2D eigenvalue weighted by molar-refractivity contribution is -0.0581. The first-order valence-corrected chi connectivity index (χ1v) is 54.4. The Morgan fingerprint density at radius 1 is 0.482 bits per heavy atom. The highest BCUT2D eigenvalue weighted by Crippen LogP contribution is 2.45. The molecular formula is C77H126Br2N13O16P5S. The van der Waals surface area contributed by atoms with Crippen molar-refractivity contribution in [3.63, 3.8) is 0 Å². The normalized spacial score (nSPS) is 31.3. The van der Waals surface area contributed by atoms with Crippen LogP contribution in [0.1, 0.15) is 62.8 Å². The largest absolute Gasteiger partial charge is 0.398 e. The molecule has 20 atom stereocenters. The summed E-state index contributed by atoms with van der Waals surface area (Å²) in [4.78, 5) is 23.1. The topological polar surface area (TPSA) is 441 Å². The maximum absolute atomic E-state index is 10.4. The molecule has 0 radical (unpaired) electrons. The molecule has 5 saturated heterocycles. The number of aromatic nitrogens is 2. The van der Waals surface area contributed by atoms with E-state index >= 15 is 0 Å². The third-order valence-electron chi connectivity index (χ3n) is 19.7. The number of ether oxygens (including phenoxy) is 5. The van der Waals surface area contributed by atoms with Crippen molar-refractivity contribution in [3.05, 3.63) is 128 Å². The second-order valence-corrected chi connectivity index (χ2v) is 56.8. The highest BCUT2D eigenvalue weighted by Gasteiger charge is 2.51. The predicted octanol–water partition coefficient (Wildman–Crippen LogP) is 4.60. The number of hydrogen-bond acceptors (Lipinski definition) is 29. The van der Waals surface area contributed by atoms with Crippen molar-refractivity contribution in [2.24, 2.45) is 45.0 Å². The molecule has 0 amide bonds. The zero-order valence-corrected chi connectivity index (χ0v) is 76.5. The van der Waals surface area contributed by atoms with Crippen molar-refractivity contribution in [3.8, 4) is 11.8 Å². The average Bonchev–Trinajstić information content (AvgIpc) is 1.65. The third-order valence-corrected chi connectivity index (χ3v) is 28.7. The van der Waals surface area contributed by atoms with Gasteiger partial charge in [-0.25, -0.2) is 20.0 Å². The fourth-order valence-electron chi connectivity index (χ4n) is 13.0. The van der Waals surface area contributed by atoms with Gasteiger partial charge >= 0.3 is 0 Å². The van der Waals surface area contributed by atoms with Gasteiger partial charge in [0, 0.05) is 79.3 Å². The van der Waals surface area contributed by atoms with Crippen LogP contribution in [0.2, 0.25) is 0 Å². The van der Waals surface area contributed by atoms with Crippen molar-refractivity contribution in [1.29, 1.82) is 0 Å². The third kappa shape index (κ3) is 27.4. The number of nitrogens with zero attached hydrogens (tertiary/aromatic N) is 9. The maximum atomic E-state index is 10.4. The summed E-state index contributed by atoms with van der Waals surface area (Å²) in [5, 5.41) is 112. The number of halogens is 2. The summed E-state index contributed by atoms with van der Waals surface area (Å²) in [7, 11) is 1.81. The standard InChI is InChI=1S/C17H26N3O3P.C16H28N3O4P.C15H24BrN2O3P.C15H25N2O3PS.C14H23BrN3O3P/c1-6-7-12-10-20(11(2)19-16(12)18)17-15(22)14(21)13(23-17)8-9-24(3,4)5;1-10-18-15(17)11(5-7-20)9-19(10)16-14(22)13(21)12(23-16)6-8-24(2,3)4;1-9-7-11(17)10(16)8-18(9)15-14(20)13(19)12(21-15)5-6-22(2,3)4;1-9-10(8-17(2)15(22)16-9)14-13(19)12(18)11(20-14)6-7-21(3,4)5;1-8-17-13(16)9(15)7-18(8)14-12(20)11(19)10(21-14)5-6-22(2,3)4/h10,13-15,17,21-22H,2-3,8-9H2,1,4-5H3,(H2,18,19);9,12-14,16,20-22H,1-2,5-8H2,3-4H3,(H2,17,18);7-8,12-15,19-20H,1-2,5-6,17H2,3-4H3;8,11-14,18-19H,3,6-7H2,1-2,4-5H3;7,10-12,14,19-20H,1-2,5-6H2,3-4H3,(H2,16,17)/t13-,14-,15-,17-;12-,13-,14-,16-;12-,13-,14-,15-;11-,12-,13-,14+;10-,11-,12-,14-/m11111/s1. The van der Waals surface area contributed by atoms with Crippen LogP contribution in [0.15, 0.2) is 127 Å². The molecule has 1 aromatic rings. The van der Waals surface area contributed by atoms with Crippen LogP contribution in [0.3, 0.4) is 0 Å². The van der Waals surface area contributed by atoms with Crippen LogP contribution in [0.5, 0.6) is 0 Å². The number of hydrogen-bond donors (Lipinski definition) is 15. The molecule has 114 heavy (non-hydrogen) atoms. The highest BCUT2D eigenvalue weighted by molar-refractivity contribution is 9.12. The molecule has 0 unspecified atom stereocenters. The summed E-state index contributed by atoms with van der Waals surface area (Å²) in [5.41, 5.74) is 27.0. The van der Waals surface area contributed by atoms with Crippen molar-refractivity contribution in [2.75, 3.05) is 104 Å². The van der Waals surface area contributed by atoms with Crippen LogP contribution >= 0.6 is 78.5 Å². The van der Waals surface area contributed by atoms with Crippen LogP contribution in [0, 0.1) is 23.5 Å². The Balaban J connectivity index is 0.000000222. The molecule has 0 spiro atoms. The van der Waals surface area contributed by atoms with E-state index in [1.165, 1.54) is 0 Å². The summed E-state index contributed by atoms with van der Waals surface area (Å²) < 4.78 is 33.0. The number of aryl methyl sites for hydroxylation is 2. The van der Waals surface area contributed by atoms with Crippen LogP contribution in [-0.4, -0.2) is 355 Å². The molecule has 29 nitrogen and oxygen atoms in total. The van der Waals surface area contributed by atoms with Gasteiger partial charge in [0.05, 0.1) is 45.1 Å². The molecule has 640 valence electrons. The molecule has 9 aliphatic rings. The van der Waals surface area contributed by atoms with E-state index < -0.39 is 151 Å². The van der Waals surface area contributed by atoms with Crippen LogP contribution in [0.25, 0.3) is 0 Å². The first-order valence-electron chi connectivity index (χ1n) is 37.2. The van der Waals surface area contributed by atoms with Gasteiger partial charge in [-0.3, -0.25) is 0 Å². The molecule has 0 saturated carbocycles. The van der Waals surface area contributed by atoms with E-state index in [0.29, 0.717) is 104 Å². The first kappa shape index (κ1) is 98.6. The predicted molar refractivity (Wildman–Crippen MR) is 484 cm³/mol. The monoisotopic (exact) mass is 1830 g/mol. The maximum Gasteiger partial charge on any atom is 0.199 e. The molecule has 19 N–H and O–H groups in total. The Morgan fingerprint density at radius 3 is 1.19 bits per heavy atom. The zero-order valence-electron chi connectivity index (χ0n) is 68.1. The Kier molecular flexibility index (Phi) is 35.8. The quantitative estimate of drug-likeness (QED) is 0.0428. The Hall–Kier alpha value is -4.25. The second-order valence-electron chi connectivity index (χ2n) is 33.1. The highest BCUT2D eigenvalue weighted by atomic mass is 79.9. The minimum absolute atomic E-state index is 0.0655. The van der Waals surface area contributed by atoms with Crippen LogP contribution in [0.4, 0.5) is 0 Å². The van der Waals surface area contributed by atoms with Gasteiger partial charge in [-0.05, 0) is 194 Å². The lowest BCUT2D eigenvalue weighted by Gasteiger charge is -2.32. The average molecular weight is 1840 g/mol. The van der Waals surface area contributed by atoms with Crippen molar-refractivity contribution < 1.29 is 79.9 Å². The lowest BCUT2D eigenvalue weighted by Crippen LogP contribution is -2.42. The van der Waals surface area contributed by atoms with Gasteiger partial charge in [-0.15, -0.1) is 71.8 Å². The smallest absolute Gasteiger partial charge is 0.199 e. The van der Waals surface area contributed by atoms with Gasteiger partial charge in [0.15, 0.2) is 29.7 Å². The van der Waals surface area contributed by atoms with E-state index in [2.05, 4.69) is 188 Å². The minimum Gasteiger partial charge on any atom is -0.398 e.